The minimum atomic E-state index is 0.206. The largest absolute Gasteiger partial charge is 0.355 e. The Kier molecular flexibility index (Phi) is 2.32. The number of hydrogen-bond acceptors (Lipinski definition) is 3. The van der Waals surface area contributed by atoms with Crippen LogP contribution in [0.2, 0.25) is 10.4 Å². The molecular formula is C9H11Cl2N3. The van der Waals surface area contributed by atoms with Crippen molar-refractivity contribution in [2.45, 2.75) is 13.8 Å². The lowest BCUT2D eigenvalue weighted by molar-refractivity contribution is 0.274. The average Bonchev–Trinajstić information content (AvgIpc) is 1.97. The molecule has 0 bridgehead atoms. The summed E-state index contributed by atoms with van der Waals surface area (Å²) < 4.78 is 0. The number of hydrogen-bond donors (Lipinski definition) is 0. The van der Waals surface area contributed by atoms with E-state index in [1.54, 1.807) is 6.07 Å². The molecule has 2 rings (SSSR count). The summed E-state index contributed by atoms with van der Waals surface area (Å²) in [7, 11) is 0. The second-order valence-electron chi connectivity index (χ2n) is 4.34. The second-order valence-corrected chi connectivity index (χ2v) is 5.06. The molecule has 2 heterocycles. The van der Waals surface area contributed by atoms with Crippen LogP contribution in [0.4, 0.5) is 5.82 Å². The van der Waals surface area contributed by atoms with E-state index in [9.17, 15) is 0 Å². The summed E-state index contributed by atoms with van der Waals surface area (Å²) in [6.45, 7) is 6.40. The van der Waals surface area contributed by atoms with E-state index in [-0.39, 0.29) is 5.28 Å². The van der Waals surface area contributed by atoms with Crippen LogP contribution in [0.5, 0.6) is 0 Å². The molecule has 5 heteroatoms. The molecule has 0 atom stereocenters. The van der Waals surface area contributed by atoms with Crippen LogP contribution in [0.15, 0.2) is 6.07 Å². The van der Waals surface area contributed by atoms with E-state index in [0.717, 1.165) is 18.9 Å². The Labute approximate surface area is 93.1 Å². The molecule has 0 spiro atoms. The molecule has 14 heavy (non-hydrogen) atoms. The summed E-state index contributed by atoms with van der Waals surface area (Å²) >= 11 is 11.5. The van der Waals surface area contributed by atoms with Gasteiger partial charge in [-0.05, 0) is 17.0 Å². The molecule has 0 N–H and O–H groups in total. The molecular weight excluding hydrogens is 221 g/mol. The van der Waals surface area contributed by atoms with Gasteiger partial charge in [0.25, 0.3) is 0 Å². The molecule has 76 valence electrons. The molecule has 1 saturated heterocycles. The predicted molar refractivity (Wildman–Crippen MR) is 58.0 cm³/mol. The Hall–Kier alpha value is -0.540. The van der Waals surface area contributed by atoms with Gasteiger partial charge in [0.15, 0.2) is 0 Å². The summed E-state index contributed by atoms with van der Waals surface area (Å²) in [5.74, 6) is 0.814. The maximum Gasteiger partial charge on any atom is 0.225 e. The van der Waals surface area contributed by atoms with Crippen molar-refractivity contribution < 1.29 is 0 Å². The van der Waals surface area contributed by atoms with Crippen LogP contribution in [0.1, 0.15) is 13.8 Å². The third kappa shape index (κ3) is 1.93. The first-order valence-electron chi connectivity index (χ1n) is 4.41. The fraction of sp³-hybridized carbons (Fsp3) is 0.556. The van der Waals surface area contributed by atoms with Crippen LogP contribution >= 0.6 is 23.2 Å². The van der Waals surface area contributed by atoms with Crippen molar-refractivity contribution in [3.63, 3.8) is 0 Å². The Bertz CT molecular complexity index is 337. The fourth-order valence-corrected chi connectivity index (χ4v) is 2.09. The van der Waals surface area contributed by atoms with Crippen LogP contribution in [-0.4, -0.2) is 23.1 Å². The maximum atomic E-state index is 5.78. The van der Waals surface area contributed by atoms with Gasteiger partial charge in [0.2, 0.25) is 5.28 Å². The van der Waals surface area contributed by atoms with Crippen LogP contribution in [0.25, 0.3) is 0 Å². The molecule has 3 nitrogen and oxygen atoms in total. The van der Waals surface area contributed by atoms with Gasteiger partial charge in [0.05, 0.1) is 0 Å². The van der Waals surface area contributed by atoms with Crippen molar-refractivity contribution in [3.05, 3.63) is 16.5 Å². The van der Waals surface area contributed by atoms with E-state index in [1.807, 2.05) is 0 Å². The summed E-state index contributed by atoms with van der Waals surface area (Å²) in [5, 5.41) is 0.599. The molecule has 1 aliphatic rings. The van der Waals surface area contributed by atoms with Crippen LogP contribution in [-0.2, 0) is 0 Å². The molecule has 1 aliphatic heterocycles. The number of nitrogens with zero attached hydrogens (tertiary/aromatic N) is 3. The predicted octanol–water partition coefficient (Wildman–Crippen LogP) is 2.63. The molecule has 0 amide bonds. The minimum absolute atomic E-state index is 0.206. The summed E-state index contributed by atoms with van der Waals surface area (Å²) in [5.41, 5.74) is 0.365. The second kappa shape index (κ2) is 3.24. The van der Waals surface area contributed by atoms with Gasteiger partial charge >= 0.3 is 0 Å². The first kappa shape index (κ1) is 9.99. The zero-order valence-corrected chi connectivity index (χ0v) is 9.60. The highest BCUT2D eigenvalue weighted by Gasteiger charge is 2.35. The SMILES string of the molecule is CC1(C)CN(c2cc(Cl)nc(Cl)n2)C1. The Morgan fingerprint density at radius 3 is 2.43 bits per heavy atom. The Morgan fingerprint density at radius 1 is 1.29 bits per heavy atom. The lowest BCUT2D eigenvalue weighted by Gasteiger charge is -2.46. The monoisotopic (exact) mass is 231 g/mol. The summed E-state index contributed by atoms with van der Waals surface area (Å²) in [6.07, 6.45) is 0. The van der Waals surface area contributed by atoms with Gasteiger partial charge in [-0.25, -0.2) is 9.97 Å². The normalized spacial score (nSPS) is 19.3. The third-order valence-electron chi connectivity index (χ3n) is 2.22. The number of rotatable bonds is 1. The number of halogens is 2. The molecule has 0 aliphatic carbocycles. The van der Waals surface area contributed by atoms with Crippen molar-refractivity contribution >= 4 is 29.0 Å². The lowest BCUT2D eigenvalue weighted by atomic mass is 9.84. The molecule has 0 unspecified atom stereocenters. The standard InChI is InChI=1S/C9H11Cl2N3/c1-9(2)4-14(5-9)7-3-6(10)12-8(11)13-7/h3H,4-5H2,1-2H3. The maximum absolute atomic E-state index is 5.78. The highest BCUT2D eigenvalue weighted by molar-refractivity contribution is 6.32. The molecule has 1 fully saturated rings. The van der Waals surface area contributed by atoms with E-state index in [4.69, 9.17) is 23.2 Å². The third-order valence-corrected chi connectivity index (χ3v) is 2.58. The van der Waals surface area contributed by atoms with Gasteiger partial charge in [-0.3, -0.25) is 0 Å². The topological polar surface area (TPSA) is 29.0 Å². The van der Waals surface area contributed by atoms with Crippen LogP contribution in [0, 0.1) is 5.41 Å². The van der Waals surface area contributed by atoms with Crippen molar-refractivity contribution in [2.24, 2.45) is 5.41 Å². The van der Waals surface area contributed by atoms with E-state index in [2.05, 4.69) is 28.7 Å². The fourth-order valence-electron chi connectivity index (χ4n) is 1.69. The highest BCUT2D eigenvalue weighted by Crippen LogP contribution is 2.33. The van der Waals surface area contributed by atoms with Crippen LogP contribution in [0.3, 0.4) is 0 Å². The van der Waals surface area contributed by atoms with Gasteiger partial charge < -0.3 is 4.90 Å². The molecule has 0 aromatic carbocycles. The van der Waals surface area contributed by atoms with Gasteiger partial charge in [0, 0.05) is 19.2 Å². The molecule has 0 saturated carbocycles. The average molecular weight is 232 g/mol. The zero-order chi connectivity index (χ0) is 10.3. The van der Waals surface area contributed by atoms with E-state index >= 15 is 0 Å². The number of aromatic nitrogens is 2. The van der Waals surface area contributed by atoms with Crippen molar-refractivity contribution in [1.29, 1.82) is 0 Å². The zero-order valence-electron chi connectivity index (χ0n) is 8.09. The minimum Gasteiger partial charge on any atom is -0.355 e. The van der Waals surface area contributed by atoms with Crippen LogP contribution < -0.4 is 4.90 Å². The molecule has 1 aromatic heterocycles. The smallest absolute Gasteiger partial charge is 0.225 e. The van der Waals surface area contributed by atoms with Crippen molar-refractivity contribution in [1.82, 2.24) is 9.97 Å². The van der Waals surface area contributed by atoms with E-state index < -0.39 is 0 Å². The Morgan fingerprint density at radius 2 is 1.93 bits per heavy atom. The molecule has 1 aromatic rings. The quantitative estimate of drug-likeness (QED) is 0.550. The lowest BCUT2D eigenvalue weighted by Crippen LogP contribution is -2.53. The first-order valence-corrected chi connectivity index (χ1v) is 5.17. The first-order chi connectivity index (χ1) is 6.46. The number of anilines is 1. The van der Waals surface area contributed by atoms with Crippen molar-refractivity contribution in [3.8, 4) is 0 Å². The summed E-state index contributed by atoms with van der Waals surface area (Å²) in [6, 6.07) is 1.74. The van der Waals surface area contributed by atoms with Gasteiger partial charge in [0.1, 0.15) is 11.0 Å². The van der Waals surface area contributed by atoms with Gasteiger partial charge in [-0.15, -0.1) is 0 Å². The summed E-state index contributed by atoms with van der Waals surface area (Å²) in [4.78, 5) is 10.1. The van der Waals surface area contributed by atoms with Gasteiger partial charge in [-0.2, -0.15) is 0 Å². The van der Waals surface area contributed by atoms with Crippen molar-refractivity contribution in [2.75, 3.05) is 18.0 Å². The van der Waals surface area contributed by atoms with Gasteiger partial charge in [-0.1, -0.05) is 25.4 Å². The highest BCUT2D eigenvalue weighted by atomic mass is 35.5. The Balaban J connectivity index is 2.18. The molecule has 0 radical (unpaired) electrons. The van der Waals surface area contributed by atoms with E-state index in [1.165, 1.54) is 0 Å². The van der Waals surface area contributed by atoms with E-state index in [0.29, 0.717) is 10.6 Å².